The van der Waals surface area contributed by atoms with Gasteiger partial charge in [-0.3, -0.25) is 0 Å². The van der Waals surface area contributed by atoms with Crippen LogP contribution in [0.5, 0.6) is 0 Å². The minimum atomic E-state index is 0.668. The first kappa shape index (κ1) is 8.94. The van der Waals surface area contributed by atoms with E-state index in [0.29, 0.717) is 12.0 Å². The Kier molecular flexibility index (Phi) is 2.49. The molecule has 0 spiro atoms. The molecule has 4 heteroatoms. The molecule has 0 aliphatic heterocycles. The van der Waals surface area contributed by atoms with E-state index in [1.54, 1.807) is 11.3 Å². The number of nitrogens with zero attached hydrogens (tertiary/aromatic N) is 2. The Hall–Kier alpha value is -0.640. The molecular formula is C9H15N3S. The van der Waals surface area contributed by atoms with Crippen molar-refractivity contribution in [3.05, 3.63) is 5.01 Å². The predicted molar refractivity (Wildman–Crippen MR) is 55.1 cm³/mol. The van der Waals surface area contributed by atoms with Crippen LogP contribution in [0.15, 0.2) is 0 Å². The molecule has 1 aromatic rings. The Bertz CT molecular complexity index is 260. The van der Waals surface area contributed by atoms with Gasteiger partial charge in [0.15, 0.2) is 0 Å². The predicted octanol–water partition coefficient (Wildman–Crippen LogP) is 2.31. The molecule has 2 rings (SSSR count). The quantitative estimate of drug-likeness (QED) is 0.805. The lowest BCUT2D eigenvalue weighted by atomic mass is 10.1. The van der Waals surface area contributed by atoms with E-state index in [2.05, 4.69) is 29.4 Å². The Morgan fingerprint density at radius 1 is 1.46 bits per heavy atom. The molecule has 0 atom stereocenters. The van der Waals surface area contributed by atoms with E-state index in [4.69, 9.17) is 0 Å². The lowest BCUT2D eigenvalue weighted by molar-refractivity contribution is 0.640. The molecule has 0 aromatic carbocycles. The second-order valence-corrected chi connectivity index (χ2v) is 5.08. The maximum atomic E-state index is 4.14. The van der Waals surface area contributed by atoms with Gasteiger partial charge in [0.2, 0.25) is 5.13 Å². The zero-order valence-electron chi connectivity index (χ0n) is 8.08. The van der Waals surface area contributed by atoms with Crippen LogP contribution in [0.2, 0.25) is 0 Å². The third kappa shape index (κ3) is 2.66. The molecule has 0 saturated heterocycles. The molecule has 0 bridgehead atoms. The summed E-state index contributed by atoms with van der Waals surface area (Å²) in [5.74, 6) is 0.668. The largest absolute Gasteiger partial charge is 0.357 e. The summed E-state index contributed by atoms with van der Waals surface area (Å²) in [7, 11) is 0. The van der Waals surface area contributed by atoms with Crippen LogP contribution >= 0.6 is 11.3 Å². The van der Waals surface area contributed by atoms with Crippen LogP contribution in [0.25, 0.3) is 0 Å². The van der Waals surface area contributed by atoms with Crippen molar-refractivity contribution in [2.75, 3.05) is 5.32 Å². The van der Waals surface area contributed by atoms with E-state index < -0.39 is 0 Å². The second kappa shape index (κ2) is 3.62. The highest BCUT2D eigenvalue weighted by Gasteiger charge is 2.22. The first-order valence-corrected chi connectivity index (χ1v) is 5.64. The van der Waals surface area contributed by atoms with Gasteiger partial charge in [0.1, 0.15) is 5.01 Å². The fourth-order valence-corrected chi connectivity index (χ4v) is 2.17. The van der Waals surface area contributed by atoms with Crippen molar-refractivity contribution in [2.24, 2.45) is 5.92 Å². The maximum absolute atomic E-state index is 4.14. The van der Waals surface area contributed by atoms with E-state index in [9.17, 15) is 0 Å². The third-order valence-electron chi connectivity index (χ3n) is 1.95. The maximum Gasteiger partial charge on any atom is 0.205 e. The summed E-state index contributed by atoms with van der Waals surface area (Å²) < 4.78 is 0. The van der Waals surface area contributed by atoms with Crippen LogP contribution in [-0.2, 0) is 6.42 Å². The van der Waals surface area contributed by atoms with Crippen LogP contribution in [0, 0.1) is 5.92 Å². The minimum absolute atomic E-state index is 0.668. The molecule has 1 aliphatic rings. The fraction of sp³-hybridized carbons (Fsp3) is 0.778. The summed E-state index contributed by atoms with van der Waals surface area (Å²) in [6.07, 6.45) is 3.63. The van der Waals surface area contributed by atoms with Gasteiger partial charge in [0.05, 0.1) is 0 Å². The lowest BCUT2D eigenvalue weighted by Gasteiger charge is -1.97. The van der Waals surface area contributed by atoms with Gasteiger partial charge in [0.25, 0.3) is 0 Å². The summed E-state index contributed by atoms with van der Waals surface area (Å²) in [5.41, 5.74) is 0. The Balaban J connectivity index is 1.91. The van der Waals surface area contributed by atoms with Crippen molar-refractivity contribution in [1.29, 1.82) is 0 Å². The molecule has 1 N–H and O–H groups in total. The van der Waals surface area contributed by atoms with Crippen LogP contribution in [0.4, 0.5) is 5.13 Å². The van der Waals surface area contributed by atoms with E-state index >= 15 is 0 Å². The molecule has 1 fully saturated rings. The van der Waals surface area contributed by atoms with Gasteiger partial charge in [-0.1, -0.05) is 25.2 Å². The topological polar surface area (TPSA) is 37.8 Å². The van der Waals surface area contributed by atoms with Gasteiger partial charge in [-0.15, -0.1) is 10.2 Å². The fourth-order valence-electron chi connectivity index (χ4n) is 1.15. The van der Waals surface area contributed by atoms with Gasteiger partial charge in [-0.25, -0.2) is 0 Å². The summed E-state index contributed by atoms with van der Waals surface area (Å²) >= 11 is 1.70. The van der Waals surface area contributed by atoms with Crippen molar-refractivity contribution in [1.82, 2.24) is 10.2 Å². The molecule has 3 nitrogen and oxygen atoms in total. The molecule has 0 unspecified atom stereocenters. The molecule has 1 aromatic heterocycles. The van der Waals surface area contributed by atoms with Crippen molar-refractivity contribution >= 4 is 16.5 Å². The first-order valence-electron chi connectivity index (χ1n) is 4.83. The number of rotatable bonds is 4. The standard InChI is InChI=1S/C9H15N3S/c1-6(2)5-8-11-12-9(13-8)10-7-3-4-7/h6-7H,3-5H2,1-2H3,(H,10,12). The molecule has 1 saturated carbocycles. The summed E-state index contributed by atoms with van der Waals surface area (Å²) in [4.78, 5) is 0. The van der Waals surface area contributed by atoms with Gasteiger partial charge < -0.3 is 5.32 Å². The number of hydrogen-bond donors (Lipinski definition) is 1. The third-order valence-corrected chi connectivity index (χ3v) is 2.83. The van der Waals surface area contributed by atoms with Crippen molar-refractivity contribution < 1.29 is 0 Å². The average Bonchev–Trinajstić information content (AvgIpc) is 2.73. The van der Waals surface area contributed by atoms with E-state index in [-0.39, 0.29) is 0 Å². The highest BCUT2D eigenvalue weighted by Crippen LogP contribution is 2.26. The molecule has 1 heterocycles. The lowest BCUT2D eigenvalue weighted by Crippen LogP contribution is -1.99. The van der Waals surface area contributed by atoms with Crippen LogP contribution in [-0.4, -0.2) is 16.2 Å². The van der Waals surface area contributed by atoms with Gasteiger partial charge >= 0.3 is 0 Å². The zero-order chi connectivity index (χ0) is 9.26. The number of aromatic nitrogens is 2. The van der Waals surface area contributed by atoms with E-state index in [1.165, 1.54) is 12.8 Å². The van der Waals surface area contributed by atoms with Gasteiger partial charge in [0, 0.05) is 12.5 Å². The number of anilines is 1. The van der Waals surface area contributed by atoms with Gasteiger partial charge in [-0.05, 0) is 18.8 Å². The smallest absolute Gasteiger partial charge is 0.205 e. The molecule has 0 radical (unpaired) electrons. The molecular weight excluding hydrogens is 182 g/mol. The molecule has 72 valence electrons. The SMILES string of the molecule is CC(C)Cc1nnc(NC2CC2)s1. The van der Waals surface area contributed by atoms with E-state index in [1.807, 2.05) is 0 Å². The van der Waals surface area contributed by atoms with Crippen LogP contribution in [0.3, 0.4) is 0 Å². The Morgan fingerprint density at radius 2 is 2.23 bits per heavy atom. The zero-order valence-corrected chi connectivity index (χ0v) is 8.90. The number of hydrogen-bond acceptors (Lipinski definition) is 4. The van der Waals surface area contributed by atoms with Crippen LogP contribution in [0.1, 0.15) is 31.7 Å². The average molecular weight is 197 g/mol. The first-order chi connectivity index (χ1) is 6.24. The molecule has 0 amide bonds. The molecule has 1 aliphatic carbocycles. The van der Waals surface area contributed by atoms with E-state index in [0.717, 1.165) is 16.6 Å². The highest BCUT2D eigenvalue weighted by molar-refractivity contribution is 7.15. The van der Waals surface area contributed by atoms with Gasteiger partial charge in [-0.2, -0.15) is 0 Å². The summed E-state index contributed by atoms with van der Waals surface area (Å²) in [6, 6.07) is 0.680. The van der Waals surface area contributed by atoms with Crippen molar-refractivity contribution in [3.63, 3.8) is 0 Å². The molecule has 13 heavy (non-hydrogen) atoms. The summed E-state index contributed by atoms with van der Waals surface area (Å²) in [5, 5.41) is 13.8. The monoisotopic (exact) mass is 197 g/mol. The minimum Gasteiger partial charge on any atom is -0.357 e. The number of nitrogens with one attached hydrogen (secondary N) is 1. The highest BCUT2D eigenvalue weighted by atomic mass is 32.1. The Labute approximate surface area is 82.6 Å². The Morgan fingerprint density at radius 3 is 2.85 bits per heavy atom. The second-order valence-electron chi connectivity index (χ2n) is 4.02. The van der Waals surface area contributed by atoms with Crippen LogP contribution < -0.4 is 5.32 Å². The summed E-state index contributed by atoms with van der Waals surface area (Å²) in [6.45, 7) is 4.41. The van der Waals surface area contributed by atoms with Crippen molar-refractivity contribution in [3.8, 4) is 0 Å². The normalized spacial score (nSPS) is 16.5. The van der Waals surface area contributed by atoms with Crippen molar-refractivity contribution in [2.45, 2.75) is 39.2 Å².